The topological polar surface area (TPSA) is 137 Å². The summed E-state index contributed by atoms with van der Waals surface area (Å²) in [6.07, 6.45) is 0. The van der Waals surface area contributed by atoms with Crippen LogP contribution in [0.15, 0.2) is 30.3 Å². The average Bonchev–Trinajstić information content (AvgIpc) is 3.11. The van der Waals surface area contributed by atoms with Gasteiger partial charge in [0, 0.05) is 5.88 Å². The molecular weight excluding hydrogens is 656 g/mol. The van der Waals surface area contributed by atoms with Crippen molar-refractivity contribution in [1.29, 1.82) is 0 Å². The lowest BCUT2D eigenvalue weighted by atomic mass is 10.2. The lowest BCUT2D eigenvalue weighted by molar-refractivity contribution is -0.0287. The summed E-state index contributed by atoms with van der Waals surface area (Å²) in [6.45, 7) is 11.9. The highest BCUT2D eigenvalue weighted by atomic mass is 35.5. The minimum Gasteiger partial charge on any atom is -0.460 e. The van der Waals surface area contributed by atoms with Gasteiger partial charge in [-0.15, -0.1) is 11.6 Å². The van der Waals surface area contributed by atoms with Crippen LogP contribution in [0.1, 0.15) is 10.4 Å². The summed E-state index contributed by atoms with van der Waals surface area (Å²) >= 11 is 5.51. The lowest BCUT2D eigenvalue weighted by Crippen LogP contribution is -2.16. The summed E-state index contributed by atoms with van der Waals surface area (Å²) in [7, 11) is 0. The van der Waals surface area contributed by atoms with Crippen molar-refractivity contribution in [3.63, 3.8) is 0 Å². The maximum atomic E-state index is 11.8. The first-order chi connectivity index (χ1) is 23.8. The minimum atomic E-state index is -0.358. The lowest BCUT2D eigenvalue weighted by Gasteiger charge is -2.09. The fourth-order valence-corrected chi connectivity index (χ4v) is 3.54. The van der Waals surface area contributed by atoms with Crippen LogP contribution in [0.5, 0.6) is 0 Å². The van der Waals surface area contributed by atoms with Gasteiger partial charge in [0.05, 0.1) is 164 Å². The van der Waals surface area contributed by atoms with E-state index in [2.05, 4.69) is 0 Å². The first-order valence-corrected chi connectivity index (χ1v) is 17.1. The molecule has 0 saturated heterocycles. The Morgan fingerprint density at radius 1 is 0.354 bits per heavy atom. The summed E-state index contributed by atoms with van der Waals surface area (Å²) < 4.78 is 70.2. The Morgan fingerprint density at radius 2 is 0.583 bits per heavy atom. The van der Waals surface area contributed by atoms with Crippen molar-refractivity contribution in [2.45, 2.75) is 0 Å². The van der Waals surface area contributed by atoms with Crippen LogP contribution in [0.4, 0.5) is 0 Å². The van der Waals surface area contributed by atoms with E-state index in [4.69, 9.17) is 73.2 Å². The van der Waals surface area contributed by atoms with E-state index in [-0.39, 0.29) is 12.6 Å². The monoisotopic (exact) mass is 712 g/mol. The Kier molecular flexibility index (Phi) is 35.5. The number of halogens is 1. The van der Waals surface area contributed by atoms with Crippen molar-refractivity contribution < 1.29 is 66.4 Å². The molecule has 0 aliphatic carbocycles. The highest BCUT2D eigenvalue weighted by Crippen LogP contribution is 2.00. The number of rotatable bonds is 39. The van der Waals surface area contributed by atoms with Crippen LogP contribution in [0.25, 0.3) is 0 Å². The summed E-state index contributed by atoms with van der Waals surface area (Å²) in [5.41, 5.74) is 0.524. The van der Waals surface area contributed by atoms with Crippen LogP contribution in [-0.4, -0.2) is 177 Å². The van der Waals surface area contributed by atoms with Gasteiger partial charge in [0.15, 0.2) is 0 Å². The summed E-state index contributed by atoms with van der Waals surface area (Å²) in [4.78, 5) is 11.8. The van der Waals surface area contributed by atoms with Crippen molar-refractivity contribution in [3.8, 4) is 0 Å². The Bertz CT molecular complexity index is 780. The van der Waals surface area contributed by atoms with Crippen molar-refractivity contribution in [3.05, 3.63) is 35.9 Å². The molecule has 0 bridgehead atoms. The third-order valence-electron chi connectivity index (χ3n) is 5.78. The zero-order valence-electron chi connectivity index (χ0n) is 28.4. The third-order valence-corrected chi connectivity index (χ3v) is 5.94. The maximum Gasteiger partial charge on any atom is 0.338 e. The highest BCUT2D eigenvalue weighted by molar-refractivity contribution is 6.17. The molecule has 0 aliphatic heterocycles. The van der Waals surface area contributed by atoms with E-state index < -0.39 is 0 Å². The van der Waals surface area contributed by atoms with Crippen LogP contribution in [0.3, 0.4) is 0 Å². The fraction of sp³-hybridized carbons (Fsp3) is 0.788. The SMILES string of the molecule is O=C(OCCOCCOCCOCCOCCOCCOCCOCCOCCOCCOCCOCCOCCCl)c1ccccc1. The predicted octanol–water partition coefficient (Wildman–Crippen LogP) is 2.28. The molecule has 0 spiro atoms. The molecule has 280 valence electrons. The standard InChI is InChI=1S/C33H57ClO14/c34-6-7-36-8-9-37-10-11-38-12-13-39-14-15-40-16-17-41-18-19-42-20-21-43-22-23-44-24-25-45-26-27-46-28-29-47-30-31-48-33(35)32-4-2-1-3-5-32/h1-5H,6-31H2. The first kappa shape index (κ1) is 44.5. The fourth-order valence-electron chi connectivity index (χ4n) is 3.43. The quantitative estimate of drug-likeness (QED) is 0.0561. The number of esters is 1. The van der Waals surface area contributed by atoms with Gasteiger partial charge < -0.3 is 61.6 Å². The number of ether oxygens (including phenoxy) is 13. The van der Waals surface area contributed by atoms with Gasteiger partial charge in [-0.2, -0.15) is 0 Å². The molecule has 0 radical (unpaired) electrons. The van der Waals surface area contributed by atoms with E-state index in [1.807, 2.05) is 6.07 Å². The van der Waals surface area contributed by atoms with E-state index in [0.717, 1.165) is 0 Å². The smallest absolute Gasteiger partial charge is 0.338 e. The Morgan fingerprint density at radius 3 is 0.833 bits per heavy atom. The number of carbonyl (C=O) groups is 1. The molecule has 0 aromatic heterocycles. The van der Waals surface area contributed by atoms with Gasteiger partial charge in [0.2, 0.25) is 0 Å². The van der Waals surface area contributed by atoms with Crippen molar-refractivity contribution in [1.82, 2.24) is 0 Å². The maximum absolute atomic E-state index is 11.8. The van der Waals surface area contributed by atoms with Gasteiger partial charge in [-0.25, -0.2) is 4.79 Å². The number of benzene rings is 1. The molecule has 48 heavy (non-hydrogen) atoms. The Labute approximate surface area is 290 Å². The van der Waals surface area contributed by atoms with Gasteiger partial charge in [-0.1, -0.05) is 18.2 Å². The summed E-state index contributed by atoms with van der Waals surface area (Å²) in [5, 5.41) is 0. The van der Waals surface area contributed by atoms with Crippen LogP contribution in [0.2, 0.25) is 0 Å². The molecule has 15 heteroatoms. The Hall–Kier alpha value is -1.50. The molecular formula is C33H57ClO14. The molecule has 0 unspecified atom stereocenters. The number of hydrogen-bond acceptors (Lipinski definition) is 14. The molecule has 1 rings (SSSR count). The molecule has 14 nitrogen and oxygen atoms in total. The molecule has 0 atom stereocenters. The van der Waals surface area contributed by atoms with E-state index >= 15 is 0 Å². The van der Waals surface area contributed by atoms with E-state index in [9.17, 15) is 4.79 Å². The van der Waals surface area contributed by atoms with Crippen molar-refractivity contribution in [2.24, 2.45) is 0 Å². The first-order valence-electron chi connectivity index (χ1n) is 16.6. The molecule has 0 aliphatic rings. The molecule has 0 heterocycles. The van der Waals surface area contributed by atoms with E-state index in [1.165, 1.54) is 0 Å². The van der Waals surface area contributed by atoms with Crippen LogP contribution in [-0.2, 0) is 61.6 Å². The molecule has 0 N–H and O–H groups in total. The largest absolute Gasteiger partial charge is 0.460 e. The average molecular weight is 713 g/mol. The summed E-state index contributed by atoms with van der Waals surface area (Å²) in [5.74, 6) is 0.135. The van der Waals surface area contributed by atoms with Crippen molar-refractivity contribution >= 4 is 17.6 Å². The molecule has 1 aromatic carbocycles. The molecule has 0 amide bonds. The van der Waals surface area contributed by atoms with Crippen LogP contribution >= 0.6 is 11.6 Å². The predicted molar refractivity (Wildman–Crippen MR) is 177 cm³/mol. The zero-order chi connectivity index (χ0) is 34.3. The van der Waals surface area contributed by atoms with E-state index in [1.54, 1.807) is 24.3 Å². The number of alkyl halides is 1. The molecule has 1 aromatic rings. The van der Waals surface area contributed by atoms with Gasteiger partial charge in [-0.3, -0.25) is 0 Å². The Balaban J connectivity index is 1.62. The third kappa shape index (κ3) is 33.0. The normalized spacial score (nSPS) is 11.4. The van der Waals surface area contributed by atoms with Gasteiger partial charge in [0.25, 0.3) is 0 Å². The second-order valence-electron chi connectivity index (χ2n) is 9.54. The van der Waals surface area contributed by atoms with Crippen LogP contribution < -0.4 is 0 Å². The van der Waals surface area contributed by atoms with Crippen molar-refractivity contribution in [2.75, 3.05) is 171 Å². The zero-order valence-corrected chi connectivity index (χ0v) is 29.1. The molecule has 0 fully saturated rings. The second kappa shape index (κ2) is 38.3. The van der Waals surface area contributed by atoms with Gasteiger partial charge in [0.1, 0.15) is 6.61 Å². The number of hydrogen-bond donors (Lipinski definition) is 0. The minimum absolute atomic E-state index is 0.200. The summed E-state index contributed by atoms with van der Waals surface area (Å²) in [6, 6.07) is 8.85. The highest BCUT2D eigenvalue weighted by Gasteiger charge is 2.05. The van der Waals surface area contributed by atoms with Gasteiger partial charge in [-0.05, 0) is 12.1 Å². The van der Waals surface area contributed by atoms with Crippen LogP contribution in [0, 0.1) is 0 Å². The number of carbonyl (C=O) groups excluding carboxylic acids is 1. The van der Waals surface area contributed by atoms with Gasteiger partial charge >= 0.3 is 5.97 Å². The second-order valence-corrected chi connectivity index (χ2v) is 9.92. The van der Waals surface area contributed by atoms with E-state index in [0.29, 0.717) is 170 Å². The molecule has 0 saturated carbocycles.